The SMILES string of the molecule is CC.CCN1C[C@H]2CNC[C@H]2C1. The molecule has 0 bridgehead atoms. The lowest BCUT2D eigenvalue weighted by Gasteiger charge is -2.12. The minimum absolute atomic E-state index is 0.972. The van der Waals surface area contributed by atoms with Crippen molar-refractivity contribution in [3.05, 3.63) is 0 Å². The number of hydrogen-bond donors (Lipinski definition) is 1. The Labute approximate surface area is 76.3 Å². The first-order valence-electron chi connectivity index (χ1n) is 5.33. The van der Waals surface area contributed by atoms with E-state index >= 15 is 0 Å². The van der Waals surface area contributed by atoms with Crippen molar-refractivity contribution in [1.29, 1.82) is 0 Å². The van der Waals surface area contributed by atoms with E-state index in [1.165, 1.54) is 32.7 Å². The van der Waals surface area contributed by atoms with E-state index in [-0.39, 0.29) is 0 Å². The van der Waals surface area contributed by atoms with Gasteiger partial charge in [0.2, 0.25) is 0 Å². The average Bonchev–Trinajstić information content (AvgIpc) is 2.65. The van der Waals surface area contributed by atoms with E-state index in [1.54, 1.807) is 0 Å². The monoisotopic (exact) mass is 170 g/mol. The number of fused-ring (bicyclic) bond motifs is 1. The van der Waals surface area contributed by atoms with Gasteiger partial charge in [0.25, 0.3) is 0 Å². The van der Waals surface area contributed by atoms with Gasteiger partial charge in [0.15, 0.2) is 0 Å². The highest BCUT2D eigenvalue weighted by atomic mass is 15.2. The molecule has 2 heterocycles. The minimum Gasteiger partial charge on any atom is -0.316 e. The summed E-state index contributed by atoms with van der Waals surface area (Å²) in [5.74, 6) is 1.94. The minimum atomic E-state index is 0.972. The highest BCUT2D eigenvalue weighted by molar-refractivity contribution is 4.90. The number of hydrogen-bond acceptors (Lipinski definition) is 2. The van der Waals surface area contributed by atoms with Crippen LogP contribution in [0.15, 0.2) is 0 Å². The molecule has 1 N–H and O–H groups in total. The molecule has 0 aromatic heterocycles. The molecule has 2 nitrogen and oxygen atoms in total. The van der Waals surface area contributed by atoms with Gasteiger partial charge in [0.1, 0.15) is 0 Å². The lowest BCUT2D eigenvalue weighted by Crippen LogP contribution is -2.25. The fourth-order valence-corrected chi connectivity index (χ4v) is 2.21. The zero-order chi connectivity index (χ0) is 8.97. The zero-order valence-electron chi connectivity index (χ0n) is 8.64. The Morgan fingerprint density at radius 1 is 1.17 bits per heavy atom. The Balaban J connectivity index is 0.000000336. The molecule has 0 aromatic carbocycles. The van der Waals surface area contributed by atoms with Crippen molar-refractivity contribution in [3.63, 3.8) is 0 Å². The van der Waals surface area contributed by atoms with E-state index < -0.39 is 0 Å². The van der Waals surface area contributed by atoms with Gasteiger partial charge in [-0.2, -0.15) is 0 Å². The largest absolute Gasteiger partial charge is 0.316 e. The van der Waals surface area contributed by atoms with E-state index in [9.17, 15) is 0 Å². The van der Waals surface area contributed by atoms with Gasteiger partial charge in [0, 0.05) is 13.1 Å². The molecule has 12 heavy (non-hydrogen) atoms. The van der Waals surface area contributed by atoms with Crippen LogP contribution in [0.3, 0.4) is 0 Å². The first-order valence-corrected chi connectivity index (χ1v) is 5.33. The van der Waals surface area contributed by atoms with Crippen LogP contribution in [0.5, 0.6) is 0 Å². The van der Waals surface area contributed by atoms with Gasteiger partial charge in [0.05, 0.1) is 0 Å². The summed E-state index contributed by atoms with van der Waals surface area (Å²) in [6.45, 7) is 12.7. The molecule has 2 rings (SSSR count). The van der Waals surface area contributed by atoms with Gasteiger partial charge < -0.3 is 10.2 Å². The highest BCUT2D eigenvalue weighted by Gasteiger charge is 2.34. The summed E-state index contributed by atoms with van der Waals surface area (Å²) in [5, 5.41) is 3.44. The quantitative estimate of drug-likeness (QED) is 0.636. The summed E-state index contributed by atoms with van der Waals surface area (Å²) in [7, 11) is 0. The van der Waals surface area contributed by atoms with Gasteiger partial charge in [-0.05, 0) is 31.5 Å². The van der Waals surface area contributed by atoms with Crippen LogP contribution in [-0.4, -0.2) is 37.6 Å². The molecule has 0 unspecified atom stereocenters. The molecule has 72 valence electrons. The molecule has 0 spiro atoms. The molecule has 2 fully saturated rings. The van der Waals surface area contributed by atoms with Crippen molar-refractivity contribution >= 4 is 0 Å². The third kappa shape index (κ3) is 1.99. The molecule has 0 saturated carbocycles. The summed E-state index contributed by atoms with van der Waals surface area (Å²) < 4.78 is 0. The van der Waals surface area contributed by atoms with Crippen molar-refractivity contribution in [3.8, 4) is 0 Å². The van der Waals surface area contributed by atoms with E-state index in [1.807, 2.05) is 13.8 Å². The van der Waals surface area contributed by atoms with Crippen LogP contribution in [-0.2, 0) is 0 Å². The zero-order valence-corrected chi connectivity index (χ0v) is 8.64. The van der Waals surface area contributed by atoms with Crippen molar-refractivity contribution in [1.82, 2.24) is 10.2 Å². The Morgan fingerprint density at radius 2 is 1.67 bits per heavy atom. The molecular weight excluding hydrogens is 148 g/mol. The number of nitrogens with one attached hydrogen (secondary N) is 1. The van der Waals surface area contributed by atoms with E-state index in [0.29, 0.717) is 0 Å². The molecule has 0 amide bonds. The Hall–Kier alpha value is -0.0800. The van der Waals surface area contributed by atoms with Gasteiger partial charge in [-0.25, -0.2) is 0 Å². The number of rotatable bonds is 1. The average molecular weight is 170 g/mol. The summed E-state index contributed by atoms with van der Waals surface area (Å²) >= 11 is 0. The maximum absolute atomic E-state index is 3.44. The Morgan fingerprint density at radius 3 is 2.08 bits per heavy atom. The molecule has 2 aliphatic heterocycles. The van der Waals surface area contributed by atoms with Crippen molar-refractivity contribution in [2.24, 2.45) is 11.8 Å². The van der Waals surface area contributed by atoms with Crippen LogP contribution in [0, 0.1) is 11.8 Å². The molecule has 2 atom stereocenters. The van der Waals surface area contributed by atoms with Crippen LogP contribution in [0.4, 0.5) is 0 Å². The van der Waals surface area contributed by atoms with Crippen molar-refractivity contribution in [2.45, 2.75) is 20.8 Å². The summed E-state index contributed by atoms with van der Waals surface area (Å²) in [6.07, 6.45) is 0. The number of nitrogens with zero attached hydrogens (tertiary/aromatic N) is 1. The van der Waals surface area contributed by atoms with Crippen LogP contribution in [0.2, 0.25) is 0 Å². The maximum Gasteiger partial charge on any atom is 0.00254 e. The van der Waals surface area contributed by atoms with Crippen LogP contribution >= 0.6 is 0 Å². The normalized spacial score (nSPS) is 34.2. The van der Waals surface area contributed by atoms with E-state index in [4.69, 9.17) is 0 Å². The van der Waals surface area contributed by atoms with Crippen LogP contribution < -0.4 is 5.32 Å². The fourth-order valence-electron chi connectivity index (χ4n) is 2.21. The van der Waals surface area contributed by atoms with E-state index in [0.717, 1.165) is 11.8 Å². The molecule has 0 aromatic rings. The standard InChI is InChI=1S/C8H16N2.C2H6/c1-2-10-5-7-3-9-4-8(7)6-10;1-2/h7-9H,2-6H2,1H3;1-2H3/t7-,8+;. The number of likely N-dealkylation sites (tertiary alicyclic amines) is 1. The molecule has 0 radical (unpaired) electrons. The Kier molecular flexibility index (Phi) is 4.02. The molecule has 0 aliphatic carbocycles. The second-order valence-electron chi connectivity index (χ2n) is 3.53. The first kappa shape index (κ1) is 10.0. The first-order chi connectivity index (χ1) is 5.90. The topological polar surface area (TPSA) is 15.3 Å². The predicted octanol–water partition coefficient (Wildman–Crippen LogP) is 1.18. The third-order valence-electron chi connectivity index (χ3n) is 2.91. The van der Waals surface area contributed by atoms with Crippen molar-refractivity contribution in [2.75, 3.05) is 32.7 Å². The Bertz CT molecular complexity index is 113. The maximum atomic E-state index is 3.44. The van der Waals surface area contributed by atoms with Crippen LogP contribution in [0.1, 0.15) is 20.8 Å². The van der Waals surface area contributed by atoms with Gasteiger partial charge in [-0.15, -0.1) is 0 Å². The van der Waals surface area contributed by atoms with Crippen molar-refractivity contribution < 1.29 is 0 Å². The third-order valence-corrected chi connectivity index (χ3v) is 2.91. The van der Waals surface area contributed by atoms with E-state index in [2.05, 4.69) is 17.1 Å². The highest BCUT2D eigenvalue weighted by Crippen LogP contribution is 2.25. The lowest BCUT2D eigenvalue weighted by atomic mass is 10.0. The molecule has 2 aliphatic rings. The second-order valence-corrected chi connectivity index (χ2v) is 3.53. The van der Waals surface area contributed by atoms with Gasteiger partial charge in [-0.1, -0.05) is 20.8 Å². The fraction of sp³-hybridized carbons (Fsp3) is 1.00. The summed E-state index contributed by atoms with van der Waals surface area (Å²) in [5.41, 5.74) is 0. The molecule has 2 saturated heterocycles. The summed E-state index contributed by atoms with van der Waals surface area (Å²) in [4.78, 5) is 2.57. The molecular formula is C10H22N2. The van der Waals surface area contributed by atoms with Gasteiger partial charge in [-0.3, -0.25) is 0 Å². The second kappa shape index (κ2) is 4.83. The lowest BCUT2D eigenvalue weighted by molar-refractivity contribution is 0.330. The summed E-state index contributed by atoms with van der Waals surface area (Å²) in [6, 6.07) is 0. The molecule has 2 heteroatoms. The van der Waals surface area contributed by atoms with Crippen LogP contribution in [0.25, 0.3) is 0 Å². The predicted molar refractivity (Wildman–Crippen MR) is 53.3 cm³/mol. The smallest absolute Gasteiger partial charge is 0.00254 e. The van der Waals surface area contributed by atoms with Gasteiger partial charge >= 0.3 is 0 Å².